The second-order valence-corrected chi connectivity index (χ2v) is 6.11. The summed E-state index contributed by atoms with van der Waals surface area (Å²) in [5.41, 5.74) is 2.48. The van der Waals surface area contributed by atoms with Crippen LogP contribution in [-0.2, 0) is 6.42 Å². The molecular formula is C19H22N6O2. The number of H-pyrrole nitrogens is 1. The minimum Gasteiger partial charge on any atom is -0.354 e. The minimum absolute atomic E-state index is 0.196. The molecule has 1 aromatic carbocycles. The van der Waals surface area contributed by atoms with E-state index in [4.69, 9.17) is 0 Å². The monoisotopic (exact) mass is 366 g/mol. The van der Waals surface area contributed by atoms with Crippen molar-refractivity contribution in [3.8, 4) is 0 Å². The van der Waals surface area contributed by atoms with Gasteiger partial charge in [0.05, 0.1) is 12.4 Å². The van der Waals surface area contributed by atoms with Crippen LogP contribution in [0.1, 0.15) is 45.2 Å². The van der Waals surface area contributed by atoms with Crippen molar-refractivity contribution in [3.05, 3.63) is 71.6 Å². The van der Waals surface area contributed by atoms with E-state index in [1.165, 1.54) is 13.1 Å². The molecule has 0 spiro atoms. The molecule has 2 heterocycles. The van der Waals surface area contributed by atoms with Crippen LogP contribution in [0.25, 0.3) is 0 Å². The molecule has 0 unspecified atom stereocenters. The fourth-order valence-corrected chi connectivity index (χ4v) is 2.79. The lowest BCUT2D eigenvalue weighted by Crippen LogP contribution is -2.29. The van der Waals surface area contributed by atoms with Crippen LogP contribution in [0, 0.1) is 0 Å². The Labute approximate surface area is 157 Å². The van der Waals surface area contributed by atoms with Gasteiger partial charge in [-0.15, -0.1) is 0 Å². The molecule has 0 fully saturated rings. The van der Waals surface area contributed by atoms with Gasteiger partial charge in [0, 0.05) is 38.0 Å². The molecule has 3 rings (SSSR count). The van der Waals surface area contributed by atoms with Gasteiger partial charge >= 0.3 is 0 Å². The van der Waals surface area contributed by atoms with Gasteiger partial charge in [-0.05, 0) is 12.5 Å². The fraction of sp³-hybridized carbons (Fsp3) is 0.263. The highest BCUT2D eigenvalue weighted by Gasteiger charge is 2.22. The molecule has 2 aromatic heterocycles. The molecule has 140 valence electrons. The Morgan fingerprint density at radius 3 is 2.67 bits per heavy atom. The number of aromatic nitrogens is 4. The van der Waals surface area contributed by atoms with Crippen molar-refractivity contribution in [1.29, 1.82) is 0 Å². The third-order valence-electron chi connectivity index (χ3n) is 4.31. The SMILES string of the molecule is CNC(=O)c1cc(C(=O)NCCc2cnc[nH]2)n([C@@H](C)c2ccccc2)n1. The Balaban J connectivity index is 1.82. The second kappa shape index (κ2) is 8.31. The number of carbonyl (C=O) groups excluding carboxylic acids is 2. The molecule has 3 aromatic rings. The number of benzene rings is 1. The van der Waals surface area contributed by atoms with E-state index in [0.29, 0.717) is 18.7 Å². The van der Waals surface area contributed by atoms with Crippen LogP contribution in [0.15, 0.2) is 48.9 Å². The highest BCUT2D eigenvalue weighted by atomic mass is 16.2. The lowest BCUT2D eigenvalue weighted by molar-refractivity contribution is 0.0938. The summed E-state index contributed by atoms with van der Waals surface area (Å²) in [6.07, 6.45) is 3.96. The summed E-state index contributed by atoms with van der Waals surface area (Å²) in [4.78, 5) is 31.7. The number of nitrogens with zero attached hydrogens (tertiary/aromatic N) is 3. The predicted octanol–water partition coefficient (Wildman–Crippen LogP) is 1.55. The molecule has 8 heteroatoms. The van der Waals surface area contributed by atoms with Crippen LogP contribution >= 0.6 is 0 Å². The van der Waals surface area contributed by atoms with E-state index in [1.54, 1.807) is 17.2 Å². The largest absolute Gasteiger partial charge is 0.354 e. The zero-order valence-electron chi connectivity index (χ0n) is 15.3. The number of rotatable bonds is 7. The number of aromatic amines is 1. The zero-order chi connectivity index (χ0) is 19.2. The van der Waals surface area contributed by atoms with Gasteiger partial charge < -0.3 is 15.6 Å². The summed E-state index contributed by atoms with van der Waals surface area (Å²) in [6.45, 7) is 2.39. The Hall–Kier alpha value is -3.42. The summed E-state index contributed by atoms with van der Waals surface area (Å²) in [7, 11) is 1.53. The smallest absolute Gasteiger partial charge is 0.271 e. The molecule has 0 bridgehead atoms. The summed E-state index contributed by atoms with van der Waals surface area (Å²) in [5.74, 6) is -0.611. The molecule has 2 amide bonds. The standard InChI is InChI=1S/C19H22N6O2/c1-13(14-6-4-3-5-7-14)25-17(10-16(24-25)18(26)20-2)19(27)22-9-8-15-11-21-12-23-15/h3-7,10-13H,8-9H2,1-2H3,(H,20,26)(H,21,23)(H,22,27)/t13-/m0/s1. The van der Waals surface area contributed by atoms with E-state index in [9.17, 15) is 9.59 Å². The molecule has 27 heavy (non-hydrogen) atoms. The highest BCUT2D eigenvalue weighted by Crippen LogP contribution is 2.20. The molecule has 0 aliphatic carbocycles. The summed E-state index contributed by atoms with van der Waals surface area (Å²) >= 11 is 0. The van der Waals surface area contributed by atoms with Gasteiger partial charge in [0.2, 0.25) is 0 Å². The maximum atomic E-state index is 12.7. The average molecular weight is 366 g/mol. The van der Waals surface area contributed by atoms with Crippen LogP contribution < -0.4 is 10.6 Å². The first-order valence-electron chi connectivity index (χ1n) is 8.72. The Morgan fingerprint density at radius 1 is 1.22 bits per heavy atom. The van der Waals surface area contributed by atoms with Crippen LogP contribution in [0.4, 0.5) is 0 Å². The predicted molar refractivity (Wildman–Crippen MR) is 100 cm³/mol. The van der Waals surface area contributed by atoms with Gasteiger partial charge in [-0.1, -0.05) is 30.3 Å². The average Bonchev–Trinajstić information content (AvgIpc) is 3.37. The fourth-order valence-electron chi connectivity index (χ4n) is 2.79. The van der Waals surface area contributed by atoms with Crippen molar-refractivity contribution >= 4 is 11.8 Å². The number of imidazole rings is 1. The molecule has 3 N–H and O–H groups in total. The van der Waals surface area contributed by atoms with Crippen LogP contribution in [0.5, 0.6) is 0 Å². The number of nitrogens with one attached hydrogen (secondary N) is 3. The third-order valence-corrected chi connectivity index (χ3v) is 4.31. The quantitative estimate of drug-likeness (QED) is 0.590. The maximum Gasteiger partial charge on any atom is 0.271 e. The normalized spacial score (nSPS) is 11.8. The van der Waals surface area contributed by atoms with Crippen molar-refractivity contribution in [3.63, 3.8) is 0 Å². The molecule has 0 radical (unpaired) electrons. The number of hydrogen-bond acceptors (Lipinski definition) is 4. The van der Waals surface area contributed by atoms with Crippen molar-refractivity contribution in [2.75, 3.05) is 13.6 Å². The van der Waals surface area contributed by atoms with Gasteiger partial charge in [-0.25, -0.2) is 4.98 Å². The molecule has 0 aliphatic rings. The first kappa shape index (κ1) is 18.4. The third kappa shape index (κ3) is 4.22. The maximum absolute atomic E-state index is 12.7. The summed E-state index contributed by atoms with van der Waals surface area (Å²) in [5, 5.41) is 9.78. The molecule has 0 saturated heterocycles. The lowest BCUT2D eigenvalue weighted by Gasteiger charge is -2.16. The van der Waals surface area contributed by atoms with Crippen molar-refractivity contribution in [1.82, 2.24) is 30.4 Å². The van der Waals surface area contributed by atoms with Crippen molar-refractivity contribution < 1.29 is 9.59 Å². The number of amides is 2. The highest BCUT2D eigenvalue weighted by molar-refractivity contribution is 5.97. The lowest BCUT2D eigenvalue weighted by atomic mass is 10.1. The van der Waals surface area contributed by atoms with Gasteiger partial charge in [-0.2, -0.15) is 5.10 Å². The van der Waals surface area contributed by atoms with Gasteiger partial charge in [0.25, 0.3) is 11.8 Å². The van der Waals surface area contributed by atoms with Gasteiger partial charge in [0.1, 0.15) is 5.69 Å². The summed E-state index contributed by atoms with van der Waals surface area (Å²) in [6, 6.07) is 11.0. The van der Waals surface area contributed by atoms with Gasteiger partial charge in [-0.3, -0.25) is 14.3 Å². The van der Waals surface area contributed by atoms with E-state index in [0.717, 1.165) is 11.3 Å². The van der Waals surface area contributed by atoms with E-state index in [-0.39, 0.29) is 23.6 Å². The summed E-state index contributed by atoms with van der Waals surface area (Å²) < 4.78 is 1.59. The number of hydrogen-bond donors (Lipinski definition) is 3. The second-order valence-electron chi connectivity index (χ2n) is 6.11. The Bertz CT molecular complexity index is 902. The van der Waals surface area contributed by atoms with Crippen LogP contribution in [-0.4, -0.2) is 45.2 Å². The first-order valence-corrected chi connectivity index (χ1v) is 8.72. The molecule has 0 aliphatic heterocycles. The molecule has 8 nitrogen and oxygen atoms in total. The zero-order valence-corrected chi connectivity index (χ0v) is 15.3. The van der Waals surface area contributed by atoms with E-state index in [1.807, 2.05) is 37.3 Å². The molecule has 1 atom stereocenters. The van der Waals surface area contributed by atoms with E-state index >= 15 is 0 Å². The van der Waals surface area contributed by atoms with Crippen LogP contribution in [0.2, 0.25) is 0 Å². The van der Waals surface area contributed by atoms with Gasteiger partial charge in [0.15, 0.2) is 5.69 Å². The van der Waals surface area contributed by atoms with Crippen LogP contribution in [0.3, 0.4) is 0 Å². The topological polar surface area (TPSA) is 105 Å². The first-order chi connectivity index (χ1) is 13.1. The minimum atomic E-state index is -0.333. The van der Waals surface area contributed by atoms with E-state index < -0.39 is 0 Å². The molecule has 0 saturated carbocycles. The Kier molecular flexibility index (Phi) is 5.65. The van der Waals surface area contributed by atoms with Crippen molar-refractivity contribution in [2.45, 2.75) is 19.4 Å². The Morgan fingerprint density at radius 2 is 2.00 bits per heavy atom. The molecular weight excluding hydrogens is 344 g/mol. The van der Waals surface area contributed by atoms with Crippen molar-refractivity contribution in [2.24, 2.45) is 0 Å². The number of carbonyl (C=O) groups is 2. The van der Waals surface area contributed by atoms with E-state index in [2.05, 4.69) is 25.7 Å².